The molecule has 1 aromatic rings. The maximum atomic E-state index is 12.4. The highest BCUT2D eigenvalue weighted by atomic mass is 32.2. The fourth-order valence-electron chi connectivity index (χ4n) is 1.97. The summed E-state index contributed by atoms with van der Waals surface area (Å²) in [4.78, 5) is 24.2. The SMILES string of the molecule is CC(=O)[C@H](C(=O)c1ccc(C)cc1)C1SCCS1. The Bertz CT molecular complexity index is 447. The number of aryl methyl sites for hydroxylation is 1. The van der Waals surface area contributed by atoms with Crippen molar-refractivity contribution in [3.8, 4) is 0 Å². The van der Waals surface area contributed by atoms with E-state index in [1.54, 1.807) is 23.5 Å². The predicted octanol–water partition coefficient (Wildman–Crippen LogP) is 3.19. The molecular weight excluding hydrogens is 264 g/mol. The van der Waals surface area contributed by atoms with Crippen molar-refractivity contribution in [3.05, 3.63) is 35.4 Å². The molecule has 0 aliphatic carbocycles. The quantitative estimate of drug-likeness (QED) is 0.626. The molecule has 1 fully saturated rings. The molecule has 18 heavy (non-hydrogen) atoms. The van der Waals surface area contributed by atoms with Crippen LogP contribution in [0, 0.1) is 12.8 Å². The van der Waals surface area contributed by atoms with Gasteiger partial charge in [0.2, 0.25) is 0 Å². The van der Waals surface area contributed by atoms with Crippen molar-refractivity contribution in [2.24, 2.45) is 5.92 Å². The van der Waals surface area contributed by atoms with Crippen LogP contribution in [-0.4, -0.2) is 27.7 Å². The van der Waals surface area contributed by atoms with Crippen molar-refractivity contribution in [1.82, 2.24) is 0 Å². The highest BCUT2D eigenvalue weighted by Crippen LogP contribution is 2.39. The smallest absolute Gasteiger partial charge is 0.175 e. The van der Waals surface area contributed by atoms with Gasteiger partial charge in [0, 0.05) is 17.1 Å². The second-order valence-electron chi connectivity index (χ2n) is 4.43. The summed E-state index contributed by atoms with van der Waals surface area (Å²) in [5.41, 5.74) is 1.77. The van der Waals surface area contributed by atoms with E-state index in [9.17, 15) is 9.59 Å². The van der Waals surface area contributed by atoms with E-state index in [1.165, 1.54) is 6.92 Å². The molecule has 1 atom stereocenters. The number of Topliss-reactive ketones (excluding diaryl/α,β-unsaturated/α-hetero) is 2. The van der Waals surface area contributed by atoms with Crippen LogP contribution in [0.15, 0.2) is 24.3 Å². The van der Waals surface area contributed by atoms with E-state index in [0.717, 1.165) is 17.1 Å². The Kier molecular flexibility index (Phi) is 4.51. The van der Waals surface area contributed by atoms with Gasteiger partial charge in [-0.25, -0.2) is 0 Å². The lowest BCUT2D eigenvalue weighted by molar-refractivity contribution is -0.118. The summed E-state index contributed by atoms with van der Waals surface area (Å²) < 4.78 is 0.0938. The van der Waals surface area contributed by atoms with Crippen LogP contribution in [-0.2, 0) is 4.79 Å². The summed E-state index contributed by atoms with van der Waals surface area (Å²) in [6.07, 6.45) is 0. The Balaban J connectivity index is 2.22. The first-order valence-corrected chi connectivity index (χ1v) is 8.04. The minimum Gasteiger partial charge on any atom is -0.299 e. The molecule has 1 aromatic carbocycles. The molecule has 0 radical (unpaired) electrons. The molecule has 0 spiro atoms. The van der Waals surface area contributed by atoms with E-state index in [4.69, 9.17) is 0 Å². The minimum absolute atomic E-state index is 0.0209. The van der Waals surface area contributed by atoms with Crippen LogP contribution in [0.2, 0.25) is 0 Å². The number of rotatable bonds is 4. The van der Waals surface area contributed by atoms with E-state index < -0.39 is 5.92 Å². The molecule has 0 amide bonds. The van der Waals surface area contributed by atoms with E-state index in [-0.39, 0.29) is 16.1 Å². The number of hydrogen-bond donors (Lipinski definition) is 0. The number of carbonyl (C=O) groups excluding carboxylic acids is 2. The summed E-state index contributed by atoms with van der Waals surface area (Å²) in [6.45, 7) is 3.51. The molecule has 0 aromatic heterocycles. The second-order valence-corrected chi connectivity index (χ2v) is 7.23. The van der Waals surface area contributed by atoms with Crippen molar-refractivity contribution >= 4 is 35.1 Å². The summed E-state index contributed by atoms with van der Waals surface area (Å²) in [5, 5.41) is 0. The summed E-state index contributed by atoms with van der Waals surface area (Å²) in [5.74, 6) is 1.51. The Morgan fingerprint density at radius 1 is 1.17 bits per heavy atom. The van der Waals surface area contributed by atoms with Crippen molar-refractivity contribution in [1.29, 1.82) is 0 Å². The number of benzene rings is 1. The Morgan fingerprint density at radius 3 is 2.22 bits per heavy atom. The molecular formula is C14H16O2S2. The van der Waals surface area contributed by atoms with Gasteiger partial charge in [0.15, 0.2) is 5.78 Å². The van der Waals surface area contributed by atoms with E-state index >= 15 is 0 Å². The molecule has 0 unspecified atom stereocenters. The van der Waals surface area contributed by atoms with Gasteiger partial charge in [0.05, 0.1) is 4.58 Å². The molecule has 1 heterocycles. The Hall–Kier alpha value is -0.740. The highest BCUT2D eigenvalue weighted by molar-refractivity contribution is 8.20. The van der Waals surface area contributed by atoms with Crippen molar-refractivity contribution in [2.75, 3.05) is 11.5 Å². The van der Waals surface area contributed by atoms with Crippen molar-refractivity contribution in [3.63, 3.8) is 0 Å². The molecule has 2 rings (SSSR count). The number of hydrogen-bond acceptors (Lipinski definition) is 4. The van der Waals surface area contributed by atoms with Gasteiger partial charge in [-0.2, -0.15) is 0 Å². The first-order valence-electron chi connectivity index (χ1n) is 5.94. The molecule has 96 valence electrons. The van der Waals surface area contributed by atoms with Crippen LogP contribution in [0.3, 0.4) is 0 Å². The molecule has 1 aliphatic rings. The minimum atomic E-state index is -0.495. The zero-order valence-corrected chi connectivity index (χ0v) is 12.1. The first kappa shape index (κ1) is 13.7. The first-order chi connectivity index (χ1) is 8.59. The Labute approximate surface area is 116 Å². The normalized spacial score (nSPS) is 17.7. The monoisotopic (exact) mass is 280 g/mol. The molecule has 0 N–H and O–H groups in total. The molecule has 1 saturated heterocycles. The third-order valence-corrected chi connectivity index (χ3v) is 6.13. The lowest BCUT2D eigenvalue weighted by Gasteiger charge is -2.18. The number of ketones is 2. The van der Waals surface area contributed by atoms with Crippen LogP contribution >= 0.6 is 23.5 Å². The zero-order chi connectivity index (χ0) is 13.1. The van der Waals surface area contributed by atoms with Gasteiger partial charge >= 0.3 is 0 Å². The highest BCUT2D eigenvalue weighted by Gasteiger charge is 2.35. The van der Waals surface area contributed by atoms with E-state index in [2.05, 4.69) is 0 Å². The molecule has 2 nitrogen and oxygen atoms in total. The molecule has 4 heteroatoms. The topological polar surface area (TPSA) is 34.1 Å². The summed E-state index contributed by atoms with van der Waals surface area (Å²) in [6, 6.07) is 7.47. The van der Waals surface area contributed by atoms with Gasteiger partial charge in [0.25, 0.3) is 0 Å². The van der Waals surface area contributed by atoms with Gasteiger partial charge in [-0.15, -0.1) is 23.5 Å². The largest absolute Gasteiger partial charge is 0.299 e. The van der Waals surface area contributed by atoms with Crippen LogP contribution in [0.1, 0.15) is 22.8 Å². The molecule has 0 saturated carbocycles. The van der Waals surface area contributed by atoms with Crippen LogP contribution < -0.4 is 0 Å². The summed E-state index contributed by atoms with van der Waals surface area (Å²) >= 11 is 3.45. The standard InChI is InChI=1S/C14H16O2S2/c1-9-3-5-11(6-4-9)13(16)12(10(2)15)14-17-7-8-18-14/h3-6,12,14H,7-8H2,1-2H3/t12-/m1/s1. The third kappa shape index (κ3) is 2.98. The molecule has 0 bridgehead atoms. The predicted molar refractivity (Wildman–Crippen MR) is 78.4 cm³/mol. The fourth-order valence-corrected chi connectivity index (χ4v) is 5.18. The maximum absolute atomic E-state index is 12.4. The van der Waals surface area contributed by atoms with Gasteiger partial charge in [-0.3, -0.25) is 9.59 Å². The lowest BCUT2D eigenvalue weighted by atomic mass is 9.95. The zero-order valence-electron chi connectivity index (χ0n) is 10.5. The van der Waals surface area contributed by atoms with Crippen LogP contribution in [0.25, 0.3) is 0 Å². The van der Waals surface area contributed by atoms with Crippen LogP contribution in [0.5, 0.6) is 0 Å². The average Bonchev–Trinajstić information content (AvgIpc) is 2.83. The fraction of sp³-hybridized carbons (Fsp3) is 0.429. The van der Waals surface area contributed by atoms with Gasteiger partial charge in [-0.05, 0) is 13.8 Å². The average molecular weight is 280 g/mol. The molecule has 1 aliphatic heterocycles. The van der Waals surface area contributed by atoms with Gasteiger partial charge in [0.1, 0.15) is 11.7 Å². The third-order valence-electron chi connectivity index (χ3n) is 2.98. The lowest BCUT2D eigenvalue weighted by Crippen LogP contribution is -2.29. The maximum Gasteiger partial charge on any atom is 0.175 e. The van der Waals surface area contributed by atoms with Crippen molar-refractivity contribution in [2.45, 2.75) is 18.4 Å². The van der Waals surface area contributed by atoms with E-state index in [1.807, 2.05) is 31.2 Å². The number of carbonyl (C=O) groups is 2. The Morgan fingerprint density at radius 2 is 1.72 bits per heavy atom. The van der Waals surface area contributed by atoms with Crippen LogP contribution in [0.4, 0.5) is 0 Å². The van der Waals surface area contributed by atoms with Gasteiger partial charge in [-0.1, -0.05) is 29.8 Å². The second kappa shape index (κ2) is 5.93. The number of thioether (sulfide) groups is 2. The summed E-state index contributed by atoms with van der Waals surface area (Å²) in [7, 11) is 0. The van der Waals surface area contributed by atoms with Gasteiger partial charge < -0.3 is 0 Å². The van der Waals surface area contributed by atoms with E-state index in [0.29, 0.717) is 5.56 Å². The van der Waals surface area contributed by atoms with Crippen molar-refractivity contribution < 1.29 is 9.59 Å².